The highest BCUT2D eigenvalue weighted by Crippen LogP contribution is 2.43. The molecule has 31 heavy (non-hydrogen) atoms. The van der Waals surface area contributed by atoms with Crippen molar-refractivity contribution >= 4 is 17.5 Å². The maximum Gasteiger partial charge on any atom is 0.573 e. The van der Waals surface area contributed by atoms with E-state index in [0.29, 0.717) is 17.1 Å². The highest BCUT2D eigenvalue weighted by molar-refractivity contribution is 8.02. The van der Waals surface area contributed by atoms with Crippen molar-refractivity contribution < 1.29 is 31.1 Å². The summed E-state index contributed by atoms with van der Waals surface area (Å²) in [5.41, 5.74) is 0.00423. The predicted molar refractivity (Wildman–Crippen MR) is 107 cm³/mol. The lowest BCUT2D eigenvalue weighted by atomic mass is 9.83. The first-order valence-corrected chi connectivity index (χ1v) is 10.3. The Bertz CT molecular complexity index is 954. The van der Waals surface area contributed by atoms with Gasteiger partial charge in [-0.15, -0.1) is 24.9 Å². The second-order valence-electron chi connectivity index (χ2n) is 7.61. The van der Waals surface area contributed by atoms with E-state index in [0.717, 1.165) is 25.7 Å². The van der Waals surface area contributed by atoms with Gasteiger partial charge in [-0.3, -0.25) is 4.98 Å². The van der Waals surface area contributed by atoms with E-state index in [1.165, 1.54) is 36.0 Å². The van der Waals surface area contributed by atoms with E-state index in [1.807, 2.05) is 17.2 Å². The van der Waals surface area contributed by atoms with Crippen LogP contribution in [0, 0.1) is 0 Å². The summed E-state index contributed by atoms with van der Waals surface area (Å²) in [6, 6.07) is 8.61. The number of thioether (sulfide) groups is 1. The Morgan fingerprint density at radius 1 is 1.06 bits per heavy atom. The SMILES string of the molecule is CC(c1ccc(OC(F)(F)F)cn1)N1CSC=C1c1cccc(C(C)(C)C(F)(F)F)c1. The van der Waals surface area contributed by atoms with Crippen LogP contribution in [0.5, 0.6) is 5.75 Å². The third-order valence-corrected chi connectivity index (χ3v) is 6.01. The molecule has 0 radical (unpaired) electrons. The Hall–Kier alpha value is -2.36. The number of nitrogens with zero attached hydrogens (tertiary/aromatic N) is 2. The molecule has 2 aromatic rings. The smallest absolute Gasteiger partial charge is 0.404 e. The van der Waals surface area contributed by atoms with Gasteiger partial charge in [0.05, 0.1) is 34.9 Å². The molecule has 1 aromatic heterocycles. The predicted octanol–water partition coefficient (Wildman–Crippen LogP) is 6.89. The van der Waals surface area contributed by atoms with Crippen molar-refractivity contribution in [2.75, 3.05) is 5.88 Å². The van der Waals surface area contributed by atoms with E-state index >= 15 is 0 Å². The number of hydrogen-bond acceptors (Lipinski definition) is 4. The van der Waals surface area contributed by atoms with Crippen LogP contribution >= 0.6 is 11.8 Å². The number of hydrogen-bond donors (Lipinski definition) is 0. The van der Waals surface area contributed by atoms with Gasteiger partial charge in [0.2, 0.25) is 0 Å². The number of alkyl halides is 6. The molecular formula is C21H20F6N2OS. The molecular weight excluding hydrogens is 442 g/mol. The molecule has 0 bridgehead atoms. The zero-order chi connectivity index (χ0) is 23.0. The average molecular weight is 462 g/mol. The summed E-state index contributed by atoms with van der Waals surface area (Å²) in [5.74, 6) is 0.114. The van der Waals surface area contributed by atoms with Gasteiger partial charge in [0.1, 0.15) is 5.75 Å². The van der Waals surface area contributed by atoms with E-state index in [4.69, 9.17) is 0 Å². The fourth-order valence-corrected chi connectivity index (χ4v) is 4.14. The highest BCUT2D eigenvalue weighted by atomic mass is 32.2. The van der Waals surface area contributed by atoms with Crippen LogP contribution in [0.25, 0.3) is 5.70 Å². The van der Waals surface area contributed by atoms with Crippen molar-refractivity contribution in [2.45, 2.75) is 44.8 Å². The lowest BCUT2D eigenvalue weighted by Crippen LogP contribution is -2.36. The molecule has 2 heterocycles. The molecule has 0 N–H and O–H groups in total. The Morgan fingerprint density at radius 3 is 2.35 bits per heavy atom. The monoisotopic (exact) mass is 462 g/mol. The van der Waals surface area contributed by atoms with Gasteiger partial charge >= 0.3 is 12.5 Å². The van der Waals surface area contributed by atoms with Crippen LogP contribution in [0.2, 0.25) is 0 Å². The van der Waals surface area contributed by atoms with E-state index in [-0.39, 0.29) is 11.6 Å². The van der Waals surface area contributed by atoms with E-state index in [1.54, 1.807) is 12.1 Å². The normalized spacial score (nSPS) is 16.3. The zero-order valence-corrected chi connectivity index (χ0v) is 17.7. The van der Waals surface area contributed by atoms with Crippen molar-refractivity contribution in [3.8, 4) is 5.75 Å². The number of ether oxygens (including phenoxy) is 1. The van der Waals surface area contributed by atoms with Crippen LogP contribution in [-0.4, -0.2) is 28.3 Å². The van der Waals surface area contributed by atoms with Crippen LogP contribution in [0.15, 0.2) is 48.0 Å². The number of aromatic nitrogens is 1. The maximum atomic E-state index is 13.5. The summed E-state index contributed by atoms with van der Waals surface area (Å²) in [6.45, 7) is 4.10. The highest BCUT2D eigenvalue weighted by Gasteiger charge is 2.48. The lowest BCUT2D eigenvalue weighted by molar-refractivity contribution is -0.274. The van der Waals surface area contributed by atoms with Gasteiger partial charge in [0.15, 0.2) is 0 Å². The van der Waals surface area contributed by atoms with Crippen molar-refractivity contribution in [2.24, 2.45) is 0 Å². The third-order valence-electron chi connectivity index (χ3n) is 5.20. The van der Waals surface area contributed by atoms with Gasteiger partial charge in [0, 0.05) is 0 Å². The molecule has 168 valence electrons. The number of halogens is 6. The summed E-state index contributed by atoms with van der Waals surface area (Å²) in [4.78, 5) is 6.01. The van der Waals surface area contributed by atoms with Gasteiger partial charge in [-0.05, 0) is 55.5 Å². The molecule has 1 aromatic carbocycles. The molecule has 0 amide bonds. The Morgan fingerprint density at radius 2 is 1.77 bits per heavy atom. The molecule has 10 heteroatoms. The average Bonchev–Trinajstić information content (AvgIpc) is 3.16. The fraction of sp³-hybridized carbons (Fsp3) is 0.381. The number of rotatable bonds is 5. The van der Waals surface area contributed by atoms with Gasteiger partial charge in [-0.25, -0.2) is 0 Å². The van der Waals surface area contributed by atoms with Gasteiger partial charge < -0.3 is 9.64 Å². The lowest BCUT2D eigenvalue weighted by Gasteiger charge is -2.31. The van der Waals surface area contributed by atoms with Crippen molar-refractivity contribution in [3.63, 3.8) is 0 Å². The number of benzene rings is 1. The van der Waals surface area contributed by atoms with Gasteiger partial charge in [-0.2, -0.15) is 13.2 Å². The standard InChI is InChI=1S/C21H20F6N2OS/c1-13(17-8-7-16(10-28-17)30-21(25,26)27)29-12-31-11-18(29)14-5-4-6-15(9-14)19(2,3)20(22,23)24/h4-11,13H,12H2,1-3H3. The van der Waals surface area contributed by atoms with Crippen molar-refractivity contribution in [1.82, 2.24) is 9.88 Å². The zero-order valence-electron chi connectivity index (χ0n) is 16.9. The second-order valence-corrected chi connectivity index (χ2v) is 8.44. The van der Waals surface area contributed by atoms with Crippen molar-refractivity contribution in [1.29, 1.82) is 0 Å². The topological polar surface area (TPSA) is 25.4 Å². The second kappa shape index (κ2) is 8.29. The summed E-state index contributed by atoms with van der Waals surface area (Å²) in [5, 5.41) is 1.86. The van der Waals surface area contributed by atoms with Crippen molar-refractivity contribution in [3.05, 3.63) is 64.8 Å². The molecule has 3 rings (SSSR count). The molecule has 0 saturated carbocycles. The molecule has 0 spiro atoms. The largest absolute Gasteiger partial charge is 0.573 e. The van der Waals surface area contributed by atoms with Crippen LogP contribution in [0.3, 0.4) is 0 Å². The molecule has 0 aliphatic carbocycles. The first-order chi connectivity index (χ1) is 14.3. The Kier molecular flexibility index (Phi) is 6.23. The quantitative estimate of drug-likeness (QED) is 0.452. The molecule has 1 aliphatic heterocycles. The summed E-state index contributed by atoms with van der Waals surface area (Å²) in [6.07, 6.45) is -8.20. The molecule has 3 nitrogen and oxygen atoms in total. The van der Waals surface area contributed by atoms with Gasteiger partial charge in [0.25, 0.3) is 0 Å². The maximum absolute atomic E-state index is 13.5. The van der Waals surface area contributed by atoms with Crippen LogP contribution in [-0.2, 0) is 5.41 Å². The molecule has 1 atom stereocenters. The Balaban J connectivity index is 1.84. The summed E-state index contributed by atoms with van der Waals surface area (Å²) in [7, 11) is 0. The minimum Gasteiger partial charge on any atom is -0.404 e. The minimum absolute atomic E-state index is 0.148. The molecule has 1 aliphatic rings. The molecule has 0 saturated heterocycles. The minimum atomic E-state index is -4.80. The van der Waals surface area contributed by atoms with Crippen LogP contribution < -0.4 is 4.74 Å². The molecule has 0 fully saturated rings. The third kappa shape index (κ3) is 5.11. The number of pyridine rings is 1. The first kappa shape index (κ1) is 23.3. The first-order valence-electron chi connectivity index (χ1n) is 9.27. The van der Waals surface area contributed by atoms with Gasteiger partial charge in [-0.1, -0.05) is 18.2 Å². The van der Waals surface area contributed by atoms with Crippen LogP contribution in [0.4, 0.5) is 26.3 Å². The summed E-state index contributed by atoms with van der Waals surface area (Å²) < 4.78 is 81.3. The molecule has 1 unspecified atom stereocenters. The van der Waals surface area contributed by atoms with E-state index < -0.39 is 23.7 Å². The Labute approximate surface area is 180 Å². The fourth-order valence-electron chi connectivity index (χ4n) is 3.11. The van der Waals surface area contributed by atoms with E-state index in [9.17, 15) is 26.3 Å². The van der Waals surface area contributed by atoms with Crippen LogP contribution in [0.1, 0.15) is 43.6 Å². The summed E-state index contributed by atoms with van der Waals surface area (Å²) >= 11 is 1.48. The van der Waals surface area contributed by atoms with E-state index in [2.05, 4.69) is 9.72 Å².